The number of ether oxygens (including phenoxy) is 1. The van der Waals surface area contributed by atoms with Crippen LogP contribution < -0.4 is 11.1 Å². The molecule has 8 heteroatoms. The highest BCUT2D eigenvalue weighted by molar-refractivity contribution is 5.86. The monoisotopic (exact) mass is 273 g/mol. The van der Waals surface area contributed by atoms with Crippen LogP contribution in [0, 0.1) is 5.92 Å². The third-order valence-electron chi connectivity index (χ3n) is 3.06. The molecule has 0 aromatic carbocycles. The van der Waals surface area contributed by atoms with E-state index in [2.05, 4.69) is 5.32 Å². The number of nitrogens with one attached hydrogen (secondary N) is 1. The maximum atomic E-state index is 11.9. The summed E-state index contributed by atoms with van der Waals surface area (Å²) in [4.78, 5) is 35.2. The summed E-state index contributed by atoms with van der Waals surface area (Å²) >= 11 is 0. The summed E-state index contributed by atoms with van der Waals surface area (Å²) in [7, 11) is 0. The normalized spacial score (nSPS) is 20.7. The van der Waals surface area contributed by atoms with E-state index in [9.17, 15) is 14.4 Å². The van der Waals surface area contributed by atoms with Gasteiger partial charge in [-0.25, -0.2) is 4.79 Å². The van der Waals surface area contributed by atoms with Crippen LogP contribution in [0.2, 0.25) is 0 Å². The van der Waals surface area contributed by atoms with Gasteiger partial charge in [0.1, 0.15) is 6.04 Å². The SMILES string of the molecule is CCC(CNC(=O)N1CCOCC1C(N)=O)C(=O)O. The van der Waals surface area contributed by atoms with E-state index >= 15 is 0 Å². The van der Waals surface area contributed by atoms with Crippen molar-refractivity contribution >= 4 is 17.9 Å². The van der Waals surface area contributed by atoms with E-state index in [-0.39, 0.29) is 19.7 Å². The van der Waals surface area contributed by atoms with Gasteiger partial charge in [-0.2, -0.15) is 0 Å². The number of urea groups is 1. The smallest absolute Gasteiger partial charge is 0.318 e. The fourth-order valence-electron chi connectivity index (χ4n) is 1.80. The number of aliphatic carboxylic acids is 1. The molecule has 3 amide bonds. The summed E-state index contributed by atoms with van der Waals surface area (Å²) in [5.41, 5.74) is 5.19. The molecule has 0 bridgehead atoms. The molecule has 0 saturated carbocycles. The third-order valence-corrected chi connectivity index (χ3v) is 3.06. The fraction of sp³-hybridized carbons (Fsp3) is 0.727. The van der Waals surface area contributed by atoms with Gasteiger partial charge in [-0.05, 0) is 6.42 Å². The number of carboxylic acids is 1. The molecule has 2 unspecified atom stereocenters. The first kappa shape index (κ1) is 15.2. The van der Waals surface area contributed by atoms with Gasteiger partial charge in [-0.3, -0.25) is 9.59 Å². The van der Waals surface area contributed by atoms with Crippen LogP contribution in [-0.4, -0.2) is 60.3 Å². The van der Waals surface area contributed by atoms with Crippen LogP contribution in [0.25, 0.3) is 0 Å². The van der Waals surface area contributed by atoms with Crippen LogP contribution in [0.15, 0.2) is 0 Å². The van der Waals surface area contributed by atoms with E-state index in [1.54, 1.807) is 6.92 Å². The number of rotatable bonds is 5. The molecule has 0 aliphatic carbocycles. The number of nitrogens with two attached hydrogens (primary N) is 1. The van der Waals surface area contributed by atoms with Crippen LogP contribution in [0.3, 0.4) is 0 Å². The Hall–Kier alpha value is -1.83. The van der Waals surface area contributed by atoms with Crippen LogP contribution in [0.5, 0.6) is 0 Å². The van der Waals surface area contributed by atoms with E-state index in [1.807, 2.05) is 0 Å². The van der Waals surface area contributed by atoms with Crippen LogP contribution in [0.4, 0.5) is 4.79 Å². The summed E-state index contributed by atoms with van der Waals surface area (Å²) in [6.07, 6.45) is 0.415. The number of amides is 3. The van der Waals surface area contributed by atoms with Crippen LogP contribution in [0.1, 0.15) is 13.3 Å². The highest BCUT2D eigenvalue weighted by Gasteiger charge is 2.31. The van der Waals surface area contributed by atoms with Crippen molar-refractivity contribution in [2.45, 2.75) is 19.4 Å². The van der Waals surface area contributed by atoms with Gasteiger partial charge in [0.2, 0.25) is 5.91 Å². The van der Waals surface area contributed by atoms with E-state index in [0.29, 0.717) is 13.0 Å². The number of carboxylic acid groups (broad SMARTS) is 1. The molecule has 1 saturated heterocycles. The summed E-state index contributed by atoms with van der Waals surface area (Å²) in [5, 5.41) is 11.4. The lowest BCUT2D eigenvalue weighted by Gasteiger charge is -2.33. The van der Waals surface area contributed by atoms with Gasteiger partial charge < -0.3 is 25.8 Å². The molecule has 2 atom stereocenters. The molecule has 1 fully saturated rings. The number of carbonyl (C=O) groups is 3. The zero-order chi connectivity index (χ0) is 14.4. The second-order valence-electron chi connectivity index (χ2n) is 4.32. The Kier molecular flexibility index (Phi) is 5.56. The van der Waals surface area contributed by atoms with Crippen LogP contribution >= 0.6 is 0 Å². The van der Waals surface area contributed by atoms with E-state index in [1.165, 1.54) is 4.90 Å². The molecular weight excluding hydrogens is 254 g/mol. The number of hydrogen-bond donors (Lipinski definition) is 3. The van der Waals surface area contributed by atoms with Crippen molar-refractivity contribution in [1.29, 1.82) is 0 Å². The maximum absolute atomic E-state index is 11.9. The average Bonchev–Trinajstić information content (AvgIpc) is 2.38. The van der Waals surface area contributed by atoms with Crippen molar-refractivity contribution in [3.8, 4) is 0 Å². The fourth-order valence-corrected chi connectivity index (χ4v) is 1.80. The lowest BCUT2D eigenvalue weighted by atomic mass is 10.1. The molecule has 0 spiro atoms. The zero-order valence-corrected chi connectivity index (χ0v) is 10.8. The lowest BCUT2D eigenvalue weighted by Crippen LogP contribution is -2.57. The van der Waals surface area contributed by atoms with Crippen molar-refractivity contribution in [3.63, 3.8) is 0 Å². The Morgan fingerprint density at radius 2 is 2.21 bits per heavy atom. The lowest BCUT2D eigenvalue weighted by molar-refractivity contribution is -0.141. The summed E-state index contributed by atoms with van der Waals surface area (Å²) < 4.78 is 5.09. The van der Waals surface area contributed by atoms with Gasteiger partial charge in [-0.1, -0.05) is 6.92 Å². The van der Waals surface area contributed by atoms with Crippen molar-refractivity contribution in [2.75, 3.05) is 26.3 Å². The first-order valence-corrected chi connectivity index (χ1v) is 6.11. The van der Waals surface area contributed by atoms with Gasteiger partial charge in [0.05, 0.1) is 19.1 Å². The minimum Gasteiger partial charge on any atom is -0.481 e. The molecule has 1 aliphatic heterocycles. The minimum atomic E-state index is -0.962. The topological polar surface area (TPSA) is 122 Å². The number of morpholine rings is 1. The highest BCUT2D eigenvalue weighted by atomic mass is 16.5. The number of carbonyl (C=O) groups excluding carboxylic acids is 2. The Morgan fingerprint density at radius 3 is 2.74 bits per heavy atom. The second-order valence-corrected chi connectivity index (χ2v) is 4.32. The van der Waals surface area contributed by atoms with E-state index < -0.39 is 29.9 Å². The summed E-state index contributed by atoms with van der Waals surface area (Å²) in [6.45, 7) is 2.40. The van der Waals surface area contributed by atoms with Gasteiger partial charge in [0.15, 0.2) is 0 Å². The summed E-state index contributed by atoms with van der Waals surface area (Å²) in [5.74, 6) is -2.24. The first-order valence-electron chi connectivity index (χ1n) is 6.11. The molecule has 8 nitrogen and oxygen atoms in total. The Balaban J connectivity index is 2.55. The molecular formula is C11H19N3O5. The molecule has 19 heavy (non-hydrogen) atoms. The van der Waals surface area contributed by atoms with Crippen molar-refractivity contribution in [1.82, 2.24) is 10.2 Å². The third kappa shape index (κ3) is 4.09. The molecule has 0 aromatic heterocycles. The van der Waals surface area contributed by atoms with Crippen molar-refractivity contribution in [3.05, 3.63) is 0 Å². The standard InChI is InChI=1S/C11H19N3O5/c1-2-7(10(16)17)5-13-11(18)14-3-4-19-6-8(14)9(12)15/h7-8H,2-6H2,1H3,(H2,12,15)(H,13,18)(H,16,17). The first-order chi connectivity index (χ1) is 8.97. The molecule has 0 radical (unpaired) electrons. The largest absolute Gasteiger partial charge is 0.481 e. The predicted molar refractivity (Wildman–Crippen MR) is 65.3 cm³/mol. The maximum Gasteiger partial charge on any atom is 0.318 e. The second kappa shape index (κ2) is 6.93. The number of hydrogen-bond acceptors (Lipinski definition) is 4. The predicted octanol–water partition coefficient (Wildman–Crippen LogP) is -1.01. The number of primary amides is 1. The molecule has 1 aliphatic rings. The van der Waals surface area contributed by atoms with E-state index in [0.717, 1.165) is 0 Å². The van der Waals surface area contributed by atoms with Gasteiger partial charge in [-0.15, -0.1) is 0 Å². The van der Waals surface area contributed by atoms with Crippen molar-refractivity contribution in [2.24, 2.45) is 11.7 Å². The van der Waals surface area contributed by atoms with Gasteiger partial charge in [0.25, 0.3) is 0 Å². The van der Waals surface area contributed by atoms with Gasteiger partial charge >= 0.3 is 12.0 Å². The molecule has 108 valence electrons. The van der Waals surface area contributed by atoms with E-state index in [4.69, 9.17) is 15.6 Å². The highest BCUT2D eigenvalue weighted by Crippen LogP contribution is 2.07. The average molecular weight is 273 g/mol. The molecule has 1 rings (SSSR count). The molecule has 1 heterocycles. The Morgan fingerprint density at radius 1 is 1.53 bits per heavy atom. The summed E-state index contributed by atoms with van der Waals surface area (Å²) in [6, 6.07) is -1.30. The van der Waals surface area contributed by atoms with Crippen LogP contribution in [-0.2, 0) is 14.3 Å². The Labute approximate surface area is 110 Å². The Bertz CT molecular complexity index is 360. The molecule has 4 N–H and O–H groups in total. The van der Waals surface area contributed by atoms with Crippen molar-refractivity contribution < 1.29 is 24.2 Å². The van der Waals surface area contributed by atoms with Gasteiger partial charge in [0, 0.05) is 13.1 Å². The zero-order valence-electron chi connectivity index (χ0n) is 10.8. The minimum absolute atomic E-state index is 0.0213. The number of nitrogens with zero attached hydrogens (tertiary/aromatic N) is 1. The molecule has 0 aromatic rings. The quantitative estimate of drug-likeness (QED) is 0.592.